The number of hydrogen-bond donors (Lipinski definition) is 3. The molecule has 1 amide bonds. The fourth-order valence-electron chi connectivity index (χ4n) is 0.939. The van der Waals surface area contributed by atoms with Crippen LogP contribution in [0.3, 0.4) is 0 Å². The zero-order chi connectivity index (χ0) is 11.6. The molecular formula is C8H7ClN2O4. The van der Waals surface area contributed by atoms with Crippen molar-refractivity contribution in [3.63, 3.8) is 0 Å². The molecule has 1 aromatic rings. The van der Waals surface area contributed by atoms with Crippen LogP contribution in [0.4, 0.5) is 5.69 Å². The Kier molecular flexibility index (Phi) is 3.11. The van der Waals surface area contributed by atoms with Crippen molar-refractivity contribution in [1.29, 1.82) is 0 Å². The number of rotatable bonds is 2. The zero-order valence-corrected chi connectivity index (χ0v) is 8.38. The van der Waals surface area contributed by atoms with Crippen molar-refractivity contribution in [3.05, 3.63) is 27.1 Å². The van der Waals surface area contributed by atoms with E-state index in [1.54, 1.807) is 0 Å². The summed E-state index contributed by atoms with van der Waals surface area (Å²) in [5.74, 6) is -1.76. The van der Waals surface area contributed by atoms with Crippen LogP contribution >= 0.6 is 11.6 Å². The topological polar surface area (TPSA) is 99.3 Å². The number of aromatic carboxylic acids is 1. The van der Waals surface area contributed by atoms with Gasteiger partial charge in [-0.05, 0) is 6.07 Å². The Balaban J connectivity index is 3.31. The third-order valence-corrected chi connectivity index (χ3v) is 1.89. The van der Waals surface area contributed by atoms with Gasteiger partial charge >= 0.3 is 5.97 Å². The van der Waals surface area contributed by atoms with E-state index >= 15 is 0 Å². The molecule has 0 aromatic carbocycles. The molecule has 0 spiro atoms. The van der Waals surface area contributed by atoms with Crippen LogP contribution in [0.15, 0.2) is 10.9 Å². The maximum atomic E-state index is 11.1. The van der Waals surface area contributed by atoms with Crippen LogP contribution in [0.2, 0.25) is 5.02 Å². The Labute approximate surface area is 88.9 Å². The van der Waals surface area contributed by atoms with Gasteiger partial charge in [0.15, 0.2) is 0 Å². The molecule has 0 bridgehead atoms. The summed E-state index contributed by atoms with van der Waals surface area (Å²) in [6.07, 6.45) is 0. The highest BCUT2D eigenvalue weighted by molar-refractivity contribution is 6.33. The quantitative estimate of drug-likeness (QED) is 0.696. The molecule has 0 saturated carbocycles. The van der Waals surface area contributed by atoms with E-state index in [2.05, 4.69) is 10.3 Å². The van der Waals surface area contributed by atoms with E-state index in [0.29, 0.717) is 0 Å². The lowest BCUT2D eigenvalue weighted by Gasteiger charge is -2.04. The largest absolute Gasteiger partial charge is 0.477 e. The first-order valence-electron chi connectivity index (χ1n) is 3.85. The number of carboxylic acid groups (broad SMARTS) is 1. The normalized spacial score (nSPS) is 9.73. The fraction of sp³-hybridized carbons (Fsp3) is 0.125. The SMILES string of the molecule is CC(=O)Nc1cc(C(=O)O)[nH]c(=O)c1Cl. The summed E-state index contributed by atoms with van der Waals surface area (Å²) in [6.45, 7) is 1.22. The average Bonchev–Trinajstić information content (AvgIpc) is 2.11. The molecule has 0 unspecified atom stereocenters. The minimum absolute atomic E-state index is 0.0229. The molecule has 15 heavy (non-hydrogen) atoms. The standard InChI is InChI=1S/C8H7ClN2O4/c1-3(12)10-4-2-5(8(14)15)11-7(13)6(4)9/h2H,1H3,(H,14,15)(H2,10,11,12,13). The highest BCUT2D eigenvalue weighted by atomic mass is 35.5. The molecule has 0 saturated heterocycles. The molecule has 0 aliphatic heterocycles. The number of amides is 1. The maximum Gasteiger partial charge on any atom is 0.352 e. The smallest absolute Gasteiger partial charge is 0.352 e. The van der Waals surface area contributed by atoms with Gasteiger partial charge in [-0.25, -0.2) is 4.79 Å². The van der Waals surface area contributed by atoms with Crippen molar-refractivity contribution in [2.24, 2.45) is 0 Å². The van der Waals surface area contributed by atoms with Crippen molar-refractivity contribution >= 4 is 29.2 Å². The van der Waals surface area contributed by atoms with Gasteiger partial charge in [-0.3, -0.25) is 9.59 Å². The monoisotopic (exact) mass is 230 g/mol. The lowest BCUT2D eigenvalue weighted by Crippen LogP contribution is -2.17. The molecule has 0 atom stereocenters. The summed E-state index contributed by atoms with van der Waals surface area (Å²) in [7, 11) is 0. The first-order valence-corrected chi connectivity index (χ1v) is 4.23. The maximum absolute atomic E-state index is 11.1. The van der Waals surface area contributed by atoms with Gasteiger partial charge < -0.3 is 15.4 Å². The van der Waals surface area contributed by atoms with E-state index in [1.807, 2.05) is 0 Å². The Morgan fingerprint density at radius 2 is 2.13 bits per heavy atom. The minimum atomic E-state index is -1.31. The number of nitrogens with one attached hydrogen (secondary N) is 2. The van der Waals surface area contributed by atoms with Gasteiger partial charge in [0, 0.05) is 6.92 Å². The van der Waals surface area contributed by atoms with Crippen molar-refractivity contribution < 1.29 is 14.7 Å². The summed E-state index contributed by atoms with van der Waals surface area (Å²) in [5, 5.41) is 10.6. The second-order valence-electron chi connectivity index (χ2n) is 2.73. The van der Waals surface area contributed by atoms with Gasteiger partial charge in [0.05, 0.1) is 5.69 Å². The Morgan fingerprint density at radius 3 is 2.60 bits per heavy atom. The average molecular weight is 231 g/mol. The second kappa shape index (κ2) is 4.14. The molecule has 0 aliphatic rings. The number of pyridine rings is 1. The summed E-state index contributed by atoms with van der Waals surface area (Å²) < 4.78 is 0. The number of anilines is 1. The number of H-pyrrole nitrogens is 1. The molecule has 7 heteroatoms. The van der Waals surface area contributed by atoms with Crippen molar-refractivity contribution in [1.82, 2.24) is 4.98 Å². The van der Waals surface area contributed by atoms with E-state index in [1.165, 1.54) is 6.92 Å². The first-order chi connectivity index (χ1) is 6.91. The fourth-order valence-corrected chi connectivity index (χ4v) is 1.09. The number of aromatic nitrogens is 1. The summed E-state index contributed by atoms with van der Waals surface area (Å²) >= 11 is 5.56. The van der Waals surface area contributed by atoms with E-state index in [-0.39, 0.29) is 16.4 Å². The lowest BCUT2D eigenvalue weighted by molar-refractivity contribution is -0.114. The first kappa shape index (κ1) is 11.3. The van der Waals surface area contributed by atoms with Crippen LogP contribution < -0.4 is 10.9 Å². The lowest BCUT2D eigenvalue weighted by atomic mass is 10.3. The minimum Gasteiger partial charge on any atom is -0.477 e. The molecule has 0 aliphatic carbocycles. The van der Waals surface area contributed by atoms with Gasteiger partial charge in [0.1, 0.15) is 10.7 Å². The van der Waals surface area contributed by atoms with E-state index < -0.39 is 17.4 Å². The van der Waals surface area contributed by atoms with Crippen LogP contribution in [0, 0.1) is 0 Å². The number of aromatic amines is 1. The van der Waals surface area contributed by atoms with Crippen LogP contribution in [0.25, 0.3) is 0 Å². The van der Waals surface area contributed by atoms with Gasteiger partial charge in [-0.15, -0.1) is 0 Å². The Bertz CT molecular complexity index is 480. The van der Waals surface area contributed by atoms with Crippen LogP contribution in [-0.4, -0.2) is 22.0 Å². The molecule has 0 fully saturated rings. The van der Waals surface area contributed by atoms with Crippen molar-refractivity contribution in [2.45, 2.75) is 6.92 Å². The molecule has 1 rings (SSSR count). The Morgan fingerprint density at radius 1 is 1.53 bits per heavy atom. The predicted octanol–water partition coefficient (Wildman–Crippen LogP) is 0.685. The van der Waals surface area contributed by atoms with Crippen molar-refractivity contribution in [3.8, 4) is 0 Å². The predicted molar refractivity (Wildman–Crippen MR) is 53.3 cm³/mol. The van der Waals surface area contributed by atoms with Gasteiger partial charge in [0.2, 0.25) is 5.91 Å². The summed E-state index contributed by atoms with van der Waals surface area (Å²) in [4.78, 5) is 34.5. The second-order valence-corrected chi connectivity index (χ2v) is 3.10. The molecular weight excluding hydrogens is 224 g/mol. The van der Waals surface area contributed by atoms with E-state index in [4.69, 9.17) is 16.7 Å². The van der Waals surface area contributed by atoms with Crippen molar-refractivity contribution in [2.75, 3.05) is 5.32 Å². The number of halogens is 1. The summed E-state index contributed by atoms with van der Waals surface area (Å²) in [6, 6.07) is 1.08. The number of carbonyl (C=O) groups excluding carboxylic acids is 1. The number of carboxylic acids is 1. The van der Waals surface area contributed by atoms with E-state index in [9.17, 15) is 14.4 Å². The highest BCUT2D eigenvalue weighted by Crippen LogP contribution is 2.17. The molecule has 1 heterocycles. The highest BCUT2D eigenvalue weighted by Gasteiger charge is 2.12. The molecule has 6 nitrogen and oxygen atoms in total. The third kappa shape index (κ3) is 2.57. The van der Waals surface area contributed by atoms with Crippen LogP contribution in [0.1, 0.15) is 17.4 Å². The summed E-state index contributed by atoms with van der Waals surface area (Å²) in [5.41, 5.74) is -1.13. The van der Waals surface area contributed by atoms with Gasteiger partial charge in [-0.2, -0.15) is 0 Å². The third-order valence-electron chi connectivity index (χ3n) is 1.51. The molecule has 1 aromatic heterocycles. The van der Waals surface area contributed by atoms with Gasteiger partial charge in [0.25, 0.3) is 5.56 Å². The molecule has 3 N–H and O–H groups in total. The molecule has 80 valence electrons. The number of hydrogen-bond acceptors (Lipinski definition) is 3. The van der Waals surface area contributed by atoms with Gasteiger partial charge in [-0.1, -0.05) is 11.6 Å². The van der Waals surface area contributed by atoms with Crippen LogP contribution in [-0.2, 0) is 4.79 Å². The zero-order valence-electron chi connectivity index (χ0n) is 7.63. The van der Waals surface area contributed by atoms with Crippen LogP contribution in [0.5, 0.6) is 0 Å². The van der Waals surface area contributed by atoms with E-state index in [0.717, 1.165) is 6.07 Å². The molecule has 0 radical (unpaired) electrons. The Hall–Kier alpha value is -1.82. The number of carbonyl (C=O) groups is 2.